The molecule has 0 aromatic carbocycles. The molecule has 3 nitrogen and oxygen atoms in total. The molecule has 1 aromatic rings. The standard InChI is InChI=1S/C8H14N2OS/c1-5(2)7-8(6(3)4)10-12(11)9-7/h5-6H,1-4H3. The topological polar surface area (TPSA) is 48.8 Å². The minimum absolute atomic E-state index is 0.317. The van der Waals surface area contributed by atoms with E-state index in [0.717, 1.165) is 11.4 Å². The van der Waals surface area contributed by atoms with E-state index in [9.17, 15) is 4.55 Å². The van der Waals surface area contributed by atoms with Crippen molar-refractivity contribution >= 4 is 11.1 Å². The van der Waals surface area contributed by atoms with Gasteiger partial charge in [0.1, 0.15) is 11.4 Å². The molecule has 12 heavy (non-hydrogen) atoms. The van der Waals surface area contributed by atoms with Gasteiger partial charge < -0.3 is 4.55 Å². The smallest absolute Gasteiger partial charge is 0.185 e. The molecule has 0 saturated heterocycles. The Balaban J connectivity index is 3.08. The van der Waals surface area contributed by atoms with Crippen LogP contribution in [0.25, 0.3) is 0 Å². The summed E-state index contributed by atoms with van der Waals surface area (Å²) in [6.45, 7) is 8.16. The van der Waals surface area contributed by atoms with Crippen molar-refractivity contribution in [2.75, 3.05) is 0 Å². The number of hydrogen-bond acceptors (Lipinski definition) is 3. The summed E-state index contributed by atoms with van der Waals surface area (Å²) in [4.78, 5) is 0. The number of rotatable bonds is 2. The van der Waals surface area contributed by atoms with Crippen LogP contribution < -0.4 is 0 Å². The molecule has 0 atom stereocenters. The van der Waals surface area contributed by atoms with E-state index in [0.29, 0.717) is 11.8 Å². The molecule has 1 aromatic heterocycles. The van der Waals surface area contributed by atoms with Gasteiger partial charge >= 0.3 is 0 Å². The van der Waals surface area contributed by atoms with Crippen LogP contribution >= 0.6 is 11.1 Å². The van der Waals surface area contributed by atoms with E-state index in [1.54, 1.807) is 0 Å². The molecule has 0 spiro atoms. The predicted octanol–water partition coefficient (Wildman–Crippen LogP) is 2.45. The summed E-state index contributed by atoms with van der Waals surface area (Å²) >= 11 is -1.35. The summed E-state index contributed by atoms with van der Waals surface area (Å²) in [5.74, 6) is 0.634. The fraction of sp³-hybridized carbons (Fsp3) is 0.750. The van der Waals surface area contributed by atoms with Crippen molar-refractivity contribution in [2.45, 2.75) is 39.5 Å². The Bertz CT molecular complexity index is 243. The van der Waals surface area contributed by atoms with Gasteiger partial charge in [0.25, 0.3) is 0 Å². The third-order valence-corrected chi connectivity index (χ3v) is 2.41. The molecule has 1 heterocycles. The van der Waals surface area contributed by atoms with E-state index in [4.69, 9.17) is 0 Å². The van der Waals surface area contributed by atoms with Crippen molar-refractivity contribution in [3.05, 3.63) is 11.4 Å². The molecule has 0 aliphatic rings. The zero-order valence-corrected chi connectivity index (χ0v) is 8.68. The predicted molar refractivity (Wildman–Crippen MR) is 48.9 cm³/mol. The van der Waals surface area contributed by atoms with Gasteiger partial charge in [-0.15, -0.1) is 0 Å². The van der Waals surface area contributed by atoms with Crippen LogP contribution in [-0.2, 0) is 0 Å². The lowest BCUT2D eigenvalue weighted by atomic mass is 10.0. The lowest BCUT2D eigenvalue weighted by molar-refractivity contribution is 0.583. The van der Waals surface area contributed by atoms with E-state index < -0.39 is 11.1 Å². The Kier molecular flexibility index (Phi) is 2.80. The summed E-state index contributed by atoms with van der Waals surface area (Å²) in [5, 5.41) is 0. The second-order valence-electron chi connectivity index (χ2n) is 3.49. The molecule has 0 N–H and O–H groups in total. The first-order chi connectivity index (χ1) is 5.52. The van der Waals surface area contributed by atoms with E-state index >= 15 is 0 Å². The highest BCUT2D eigenvalue weighted by Crippen LogP contribution is 2.25. The molecule has 0 unspecified atom stereocenters. The summed E-state index contributed by atoms with van der Waals surface area (Å²) in [5.41, 5.74) is 1.81. The Hall–Kier alpha value is -0.480. The van der Waals surface area contributed by atoms with Crippen LogP contribution in [0.15, 0.2) is 0 Å². The largest absolute Gasteiger partial charge is 0.546 e. The van der Waals surface area contributed by atoms with Crippen molar-refractivity contribution in [1.29, 1.82) is 0 Å². The first kappa shape index (κ1) is 9.61. The van der Waals surface area contributed by atoms with Crippen LogP contribution in [0, 0.1) is 0 Å². The average molecular weight is 186 g/mol. The molecule has 4 heteroatoms. The Labute approximate surface area is 76.0 Å². The lowest BCUT2D eigenvalue weighted by Gasteiger charge is -2.02. The van der Waals surface area contributed by atoms with Crippen LogP contribution in [-0.4, -0.2) is 13.3 Å². The third-order valence-electron chi connectivity index (χ3n) is 1.71. The van der Waals surface area contributed by atoms with E-state index in [-0.39, 0.29) is 0 Å². The molecule has 0 aliphatic carbocycles. The van der Waals surface area contributed by atoms with E-state index in [1.807, 2.05) is 27.7 Å². The van der Waals surface area contributed by atoms with Gasteiger partial charge in [-0.2, -0.15) is 0 Å². The fourth-order valence-corrected chi connectivity index (χ4v) is 2.07. The third kappa shape index (κ3) is 1.81. The first-order valence-corrected chi connectivity index (χ1v) is 5.18. The van der Waals surface area contributed by atoms with Crippen LogP contribution in [0.3, 0.4) is 0 Å². The van der Waals surface area contributed by atoms with Gasteiger partial charge in [-0.3, -0.25) is 0 Å². The van der Waals surface area contributed by atoms with Crippen LogP contribution in [0.5, 0.6) is 0 Å². The molecule has 0 fully saturated rings. The van der Waals surface area contributed by atoms with Gasteiger partial charge in [-0.05, 0) is 8.75 Å². The molecule has 0 amide bonds. The zero-order chi connectivity index (χ0) is 9.30. The second-order valence-corrected chi connectivity index (χ2v) is 4.32. The van der Waals surface area contributed by atoms with E-state index in [2.05, 4.69) is 8.75 Å². The summed E-state index contributed by atoms with van der Waals surface area (Å²) in [6, 6.07) is 0. The Morgan fingerprint density at radius 2 is 1.33 bits per heavy atom. The Morgan fingerprint density at radius 1 is 1.00 bits per heavy atom. The summed E-state index contributed by atoms with van der Waals surface area (Å²) in [7, 11) is 0. The Morgan fingerprint density at radius 3 is 1.58 bits per heavy atom. The van der Waals surface area contributed by atoms with Gasteiger partial charge in [0.15, 0.2) is 11.1 Å². The minimum atomic E-state index is -1.35. The minimum Gasteiger partial charge on any atom is -0.546 e. The van der Waals surface area contributed by atoms with Crippen molar-refractivity contribution < 1.29 is 4.55 Å². The normalized spacial score (nSPS) is 11.6. The SMILES string of the molecule is CC(C)c1n[s+]([O-])nc1C(C)C. The maximum absolute atomic E-state index is 11.0. The maximum atomic E-state index is 11.0. The van der Waals surface area contributed by atoms with Crippen LogP contribution in [0.1, 0.15) is 50.9 Å². The van der Waals surface area contributed by atoms with Gasteiger partial charge in [0.2, 0.25) is 0 Å². The molecule has 0 radical (unpaired) electrons. The van der Waals surface area contributed by atoms with Crippen LogP contribution in [0.4, 0.5) is 0 Å². The fourth-order valence-electron chi connectivity index (χ4n) is 1.08. The van der Waals surface area contributed by atoms with E-state index in [1.165, 1.54) is 0 Å². The quantitative estimate of drug-likeness (QED) is 0.666. The highest BCUT2D eigenvalue weighted by atomic mass is 32.2. The molecule has 0 saturated carbocycles. The van der Waals surface area contributed by atoms with Crippen molar-refractivity contribution in [3.8, 4) is 0 Å². The van der Waals surface area contributed by atoms with Gasteiger partial charge in [-0.25, -0.2) is 0 Å². The van der Waals surface area contributed by atoms with Gasteiger partial charge in [0.05, 0.1) is 0 Å². The molecular weight excluding hydrogens is 172 g/mol. The van der Waals surface area contributed by atoms with Gasteiger partial charge in [0, 0.05) is 11.8 Å². The first-order valence-electron chi connectivity index (χ1n) is 4.12. The molecule has 0 bridgehead atoms. The molecular formula is C8H14N2OS. The monoisotopic (exact) mass is 186 g/mol. The molecule has 68 valence electrons. The van der Waals surface area contributed by atoms with Gasteiger partial charge in [-0.1, -0.05) is 27.7 Å². The highest BCUT2D eigenvalue weighted by Gasteiger charge is 2.20. The molecule has 1 rings (SSSR count). The molecule has 0 aliphatic heterocycles. The highest BCUT2D eigenvalue weighted by molar-refractivity contribution is 7.13. The van der Waals surface area contributed by atoms with Crippen LogP contribution in [0.2, 0.25) is 0 Å². The summed E-state index contributed by atoms with van der Waals surface area (Å²) in [6.07, 6.45) is 0. The second kappa shape index (κ2) is 3.49. The average Bonchev–Trinajstić information content (AvgIpc) is 2.31. The lowest BCUT2D eigenvalue weighted by Crippen LogP contribution is -1.96. The van der Waals surface area contributed by atoms with Crippen molar-refractivity contribution in [1.82, 2.24) is 8.75 Å². The number of hydrogen-bond donors (Lipinski definition) is 0. The number of aromatic nitrogens is 2. The summed E-state index contributed by atoms with van der Waals surface area (Å²) < 4.78 is 19.0. The van der Waals surface area contributed by atoms with Crippen molar-refractivity contribution in [2.24, 2.45) is 0 Å². The van der Waals surface area contributed by atoms with Crippen molar-refractivity contribution in [3.63, 3.8) is 0 Å². The number of nitrogens with zero attached hydrogens (tertiary/aromatic N) is 2. The maximum Gasteiger partial charge on any atom is 0.185 e. The zero-order valence-electron chi connectivity index (χ0n) is 7.87.